The van der Waals surface area contributed by atoms with E-state index >= 15 is 0 Å². The summed E-state index contributed by atoms with van der Waals surface area (Å²) in [5.41, 5.74) is 6.70. The summed E-state index contributed by atoms with van der Waals surface area (Å²) >= 11 is 0. The zero-order valence-electron chi connectivity index (χ0n) is 20.6. The predicted molar refractivity (Wildman–Crippen MR) is 133 cm³/mol. The largest absolute Gasteiger partial charge is 0.493 e. The van der Waals surface area contributed by atoms with E-state index in [1.807, 2.05) is 12.1 Å². The van der Waals surface area contributed by atoms with Gasteiger partial charge in [0.2, 0.25) is 5.91 Å². The number of carbonyl (C=O) groups excluding carboxylic acids is 2. The number of ether oxygens (including phenoxy) is 2. The number of amides is 2. The van der Waals surface area contributed by atoms with Gasteiger partial charge in [-0.05, 0) is 43.2 Å². The van der Waals surface area contributed by atoms with Crippen LogP contribution in [0.3, 0.4) is 0 Å². The highest BCUT2D eigenvalue weighted by Crippen LogP contribution is 2.20. The van der Waals surface area contributed by atoms with E-state index in [1.54, 1.807) is 26.3 Å². The van der Waals surface area contributed by atoms with Crippen molar-refractivity contribution < 1.29 is 24.2 Å². The number of hydrogen-bond acceptors (Lipinski definition) is 6. The molecule has 0 spiro atoms. The van der Waals surface area contributed by atoms with E-state index in [-0.39, 0.29) is 42.6 Å². The Bertz CT molecular complexity index is 704. The number of methoxy groups -OCH3 is 1. The SMILES string of the molecule is COCCCCOc1ccccc1C(=O)NCC(CC(N)C(O)CN(C)C(C)=O)C(C)C.Cl. The molecule has 0 fully saturated rings. The zero-order chi connectivity index (χ0) is 24.1. The Morgan fingerprint density at radius 2 is 1.82 bits per heavy atom. The molecule has 0 saturated heterocycles. The van der Waals surface area contributed by atoms with E-state index < -0.39 is 12.1 Å². The number of para-hydroxylation sites is 1. The number of hydrogen-bond donors (Lipinski definition) is 3. The minimum absolute atomic E-state index is 0. The van der Waals surface area contributed by atoms with Gasteiger partial charge in [-0.3, -0.25) is 9.59 Å². The van der Waals surface area contributed by atoms with Gasteiger partial charge in [0.1, 0.15) is 5.75 Å². The summed E-state index contributed by atoms with van der Waals surface area (Å²) < 4.78 is 10.8. The van der Waals surface area contributed by atoms with Gasteiger partial charge in [-0.15, -0.1) is 12.4 Å². The summed E-state index contributed by atoms with van der Waals surface area (Å²) in [6, 6.07) is 6.70. The summed E-state index contributed by atoms with van der Waals surface area (Å²) in [6.45, 7) is 7.40. The van der Waals surface area contributed by atoms with Gasteiger partial charge in [0, 0.05) is 46.8 Å². The van der Waals surface area contributed by atoms with Gasteiger partial charge < -0.3 is 30.5 Å². The van der Waals surface area contributed by atoms with Crippen molar-refractivity contribution in [3.05, 3.63) is 29.8 Å². The first kappa shape index (κ1) is 31.1. The van der Waals surface area contributed by atoms with Crippen LogP contribution in [0.15, 0.2) is 24.3 Å². The van der Waals surface area contributed by atoms with Crippen LogP contribution in [0.1, 0.15) is 50.4 Å². The number of unbranched alkanes of at least 4 members (excludes halogenated alkanes) is 1. The number of carbonyl (C=O) groups is 2. The predicted octanol–water partition coefficient (Wildman–Crippen LogP) is 2.47. The van der Waals surface area contributed by atoms with Crippen LogP contribution in [0.5, 0.6) is 5.75 Å². The molecular weight excluding hydrogens is 446 g/mol. The lowest BCUT2D eigenvalue weighted by Gasteiger charge is -2.29. The number of nitrogens with zero attached hydrogens (tertiary/aromatic N) is 1. The summed E-state index contributed by atoms with van der Waals surface area (Å²) in [5.74, 6) is 0.569. The lowest BCUT2D eigenvalue weighted by molar-refractivity contribution is -0.129. The Kier molecular flexibility index (Phi) is 15.8. The summed E-state index contributed by atoms with van der Waals surface area (Å²) in [6.07, 6.45) is 1.45. The van der Waals surface area contributed by atoms with Crippen LogP contribution in [0, 0.1) is 11.8 Å². The Morgan fingerprint density at radius 3 is 2.42 bits per heavy atom. The number of nitrogens with one attached hydrogen (secondary N) is 1. The fourth-order valence-electron chi connectivity index (χ4n) is 3.27. The summed E-state index contributed by atoms with van der Waals surface area (Å²) in [7, 11) is 3.30. The van der Waals surface area contributed by atoms with Crippen molar-refractivity contribution in [2.75, 3.05) is 40.5 Å². The Labute approximate surface area is 204 Å². The average Bonchev–Trinajstić information content (AvgIpc) is 2.75. The third kappa shape index (κ3) is 11.7. The summed E-state index contributed by atoms with van der Waals surface area (Å²) in [5, 5.41) is 13.4. The molecule has 3 unspecified atom stereocenters. The van der Waals surface area contributed by atoms with E-state index in [9.17, 15) is 14.7 Å². The Balaban J connectivity index is 0.0000102. The first-order valence-corrected chi connectivity index (χ1v) is 11.3. The van der Waals surface area contributed by atoms with Crippen molar-refractivity contribution in [2.45, 2.75) is 52.2 Å². The highest BCUT2D eigenvalue weighted by atomic mass is 35.5. The molecule has 1 aromatic carbocycles. The van der Waals surface area contributed by atoms with Crippen molar-refractivity contribution in [2.24, 2.45) is 17.6 Å². The fraction of sp³-hybridized carbons (Fsp3) is 0.667. The first-order chi connectivity index (χ1) is 15.2. The lowest BCUT2D eigenvalue weighted by Crippen LogP contribution is -2.46. The number of aliphatic hydroxyl groups is 1. The van der Waals surface area contributed by atoms with Gasteiger partial charge in [0.05, 0.1) is 18.3 Å². The highest BCUT2D eigenvalue weighted by Gasteiger charge is 2.24. The maximum Gasteiger partial charge on any atom is 0.255 e. The van der Waals surface area contributed by atoms with E-state index in [0.717, 1.165) is 12.8 Å². The maximum absolute atomic E-state index is 12.8. The fourth-order valence-corrected chi connectivity index (χ4v) is 3.27. The van der Waals surface area contributed by atoms with Crippen LogP contribution < -0.4 is 15.8 Å². The van der Waals surface area contributed by atoms with Crippen molar-refractivity contribution in [3.8, 4) is 5.75 Å². The van der Waals surface area contributed by atoms with Crippen LogP contribution in [-0.2, 0) is 9.53 Å². The van der Waals surface area contributed by atoms with Gasteiger partial charge in [0.15, 0.2) is 0 Å². The van der Waals surface area contributed by atoms with Crippen LogP contribution in [0.4, 0.5) is 0 Å². The van der Waals surface area contributed by atoms with Gasteiger partial charge in [-0.2, -0.15) is 0 Å². The number of rotatable bonds is 15. The molecule has 3 atom stereocenters. The second-order valence-corrected chi connectivity index (χ2v) is 8.63. The Morgan fingerprint density at radius 1 is 1.18 bits per heavy atom. The molecule has 0 aliphatic rings. The molecule has 4 N–H and O–H groups in total. The third-order valence-corrected chi connectivity index (χ3v) is 5.67. The van der Waals surface area contributed by atoms with E-state index in [2.05, 4.69) is 19.2 Å². The molecule has 33 heavy (non-hydrogen) atoms. The highest BCUT2D eigenvalue weighted by molar-refractivity contribution is 5.96. The second kappa shape index (κ2) is 16.7. The van der Waals surface area contributed by atoms with Crippen LogP contribution in [0.2, 0.25) is 0 Å². The molecule has 190 valence electrons. The third-order valence-electron chi connectivity index (χ3n) is 5.67. The molecule has 8 nitrogen and oxygen atoms in total. The molecule has 0 aromatic heterocycles. The molecule has 0 aliphatic heterocycles. The zero-order valence-corrected chi connectivity index (χ0v) is 21.4. The molecule has 9 heteroatoms. The standard InChI is InChI=1S/C24H41N3O5.ClH/c1-17(2)19(14-21(25)22(29)16-27(4)18(3)28)15-26-24(30)20-10-6-7-11-23(20)32-13-9-8-12-31-5;/h6-7,10-11,17,19,21-22,29H,8-9,12-16,25H2,1-5H3,(H,26,30);1H. The molecule has 0 aliphatic carbocycles. The Hall–Kier alpha value is -1.87. The smallest absolute Gasteiger partial charge is 0.255 e. The molecule has 0 bridgehead atoms. The van der Waals surface area contributed by atoms with Gasteiger partial charge in [0.25, 0.3) is 5.91 Å². The monoisotopic (exact) mass is 487 g/mol. The lowest BCUT2D eigenvalue weighted by atomic mass is 9.87. The number of nitrogens with two attached hydrogens (primary N) is 1. The quantitative estimate of drug-likeness (QED) is 0.327. The minimum atomic E-state index is -0.826. The van der Waals surface area contributed by atoms with Crippen LogP contribution >= 0.6 is 12.4 Å². The molecule has 2 amide bonds. The number of halogens is 1. The topological polar surface area (TPSA) is 114 Å². The number of aliphatic hydroxyl groups excluding tert-OH is 1. The van der Waals surface area contributed by atoms with Crippen LogP contribution in [-0.4, -0.2) is 74.4 Å². The maximum atomic E-state index is 12.8. The molecule has 0 radical (unpaired) electrons. The van der Waals surface area contributed by atoms with Gasteiger partial charge in [-0.1, -0.05) is 26.0 Å². The molecule has 0 saturated carbocycles. The molecule has 1 rings (SSSR count). The van der Waals surface area contributed by atoms with E-state index in [1.165, 1.54) is 11.8 Å². The number of benzene rings is 1. The second-order valence-electron chi connectivity index (χ2n) is 8.63. The molecule has 0 heterocycles. The van der Waals surface area contributed by atoms with Crippen molar-refractivity contribution in [1.82, 2.24) is 10.2 Å². The average molecular weight is 488 g/mol. The van der Waals surface area contributed by atoms with Crippen LogP contribution in [0.25, 0.3) is 0 Å². The van der Waals surface area contributed by atoms with E-state index in [0.29, 0.717) is 37.5 Å². The summed E-state index contributed by atoms with van der Waals surface area (Å²) in [4.78, 5) is 25.7. The van der Waals surface area contributed by atoms with Gasteiger partial charge in [-0.25, -0.2) is 0 Å². The first-order valence-electron chi connectivity index (χ1n) is 11.3. The van der Waals surface area contributed by atoms with Crippen molar-refractivity contribution in [1.29, 1.82) is 0 Å². The van der Waals surface area contributed by atoms with Crippen molar-refractivity contribution >= 4 is 24.2 Å². The molecule has 1 aromatic rings. The molecular formula is C24H42ClN3O5. The van der Waals surface area contributed by atoms with E-state index in [4.69, 9.17) is 15.2 Å². The normalized spacial score (nSPS) is 13.6. The number of likely N-dealkylation sites (N-methyl/N-ethyl adjacent to an activating group) is 1. The van der Waals surface area contributed by atoms with Crippen molar-refractivity contribution in [3.63, 3.8) is 0 Å². The minimum Gasteiger partial charge on any atom is -0.493 e. The van der Waals surface area contributed by atoms with Gasteiger partial charge >= 0.3 is 0 Å².